The van der Waals surface area contributed by atoms with Crippen molar-refractivity contribution in [3.05, 3.63) is 70.2 Å². The predicted molar refractivity (Wildman–Crippen MR) is 83.4 cm³/mol. The zero-order valence-electron chi connectivity index (χ0n) is 10.5. The van der Waals surface area contributed by atoms with Crippen LogP contribution in [0.15, 0.2) is 54.2 Å². The van der Waals surface area contributed by atoms with Crippen molar-refractivity contribution < 1.29 is 0 Å². The van der Waals surface area contributed by atoms with Crippen molar-refractivity contribution in [1.29, 1.82) is 0 Å². The number of hydrogen-bond acceptors (Lipinski definition) is 2. The number of halogens is 1. The highest BCUT2D eigenvalue weighted by Gasteiger charge is 2.16. The van der Waals surface area contributed by atoms with Gasteiger partial charge in [-0.1, -0.05) is 34.1 Å². The molecule has 4 heteroatoms. The van der Waals surface area contributed by atoms with Crippen molar-refractivity contribution >= 4 is 27.3 Å². The lowest BCUT2D eigenvalue weighted by atomic mass is 10.1. The first-order valence-electron chi connectivity index (χ1n) is 6.04. The summed E-state index contributed by atoms with van der Waals surface area (Å²) in [7, 11) is 0. The van der Waals surface area contributed by atoms with Gasteiger partial charge in [0, 0.05) is 16.6 Å². The van der Waals surface area contributed by atoms with E-state index in [2.05, 4.69) is 57.7 Å². The lowest BCUT2D eigenvalue weighted by molar-refractivity contribution is 0.880. The van der Waals surface area contributed by atoms with Crippen LogP contribution in [0, 0.1) is 6.92 Å². The summed E-state index contributed by atoms with van der Waals surface area (Å²) in [5, 5.41) is 6.56. The van der Waals surface area contributed by atoms with E-state index in [-0.39, 0.29) is 4.83 Å². The Morgan fingerprint density at radius 2 is 2.00 bits per heavy atom. The summed E-state index contributed by atoms with van der Waals surface area (Å²) in [6, 6.07) is 12.3. The Hall–Kier alpha value is -1.39. The molecule has 1 unspecified atom stereocenters. The molecule has 0 radical (unpaired) electrons. The molecule has 0 spiro atoms. The minimum Gasteiger partial charge on any atom is -0.241 e. The Bertz CT molecular complexity index is 672. The van der Waals surface area contributed by atoms with Gasteiger partial charge in [-0.05, 0) is 36.1 Å². The molecule has 3 aromatic rings. The Morgan fingerprint density at radius 1 is 1.21 bits per heavy atom. The highest BCUT2D eigenvalue weighted by Crippen LogP contribution is 2.36. The smallest absolute Gasteiger partial charge is 0.0771 e. The van der Waals surface area contributed by atoms with Crippen molar-refractivity contribution in [3.63, 3.8) is 0 Å². The first-order chi connectivity index (χ1) is 9.25. The molecule has 0 saturated carbocycles. The number of para-hydroxylation sites is 1. The molecule has 96 valence electrons. The Labute approximate surface area is 124 Å². The fraction of sp³-hybridized carbons (Fsp3) is 0.133. The van der Waals surface area contributed by atoms with E-state index in [1.54, 1.807) is 11.3 Å². The summed E-state index contributed by atoms with van der Waals surface area (Å²) in [6.45, 7) is 2.14. The molecule has 0 saturated heterocycles. The largest absolute Gasteiger partial charge is 0.241 e. The molecule has 19 heavy (non-hydrogen) atoms. The van der Waals surface area contributed by atoms with Crippen LogP contribution in [-0.4, -0.2) is 9.78 Å². The number of nitrogens with zero attached hydrogens (tertiary/aromatic N) is 2. The molecule has 0 aliphatic rings. The maximum atomic E-state index is 4.44. The number of alkyl halides is 1. The molecule has 0 aliphatic heterocycles. The highest BCUT2D eigenvalue weighted by atomic mass is 79.9. The second-order valence-corrected chi connectivity index (χ2v) is 6.25. The first kappa shape index (κ1) is 12.6. The molecule has 2 nitrogen and oxygen atoms in total. The van der Waals surface area contributed by atoms with Gasteiger partial charge >= 0.3 is 0 Å². The number of aromatic nitrogens is 2. The summed E-state index contributed by atoms with van der Waals surface area (Å²) in [5.74, 6) is 0. The van der Waals surface area contributed by atoms with Crippen molar-refractivity contribution in [1.82, 2.24) is 9.78 Å². The number of benzene rings is 1. The average Bonchev–Trinajstić information content (AvgIpc) is 3.08. The Morgan fingerprint density at radius 3 is 2.68 bits per heavy atom. The van der Waals surface area contributed by atoms with E-state index < -0.39 is 0 Å². The van der Waals surface area contributed by atoms with Gasteiger partial charge in [0.2, 0.25) is 0 Å². The Balaban J connectivity index is 1.92. The molecular weight excluding hydrogens is 320 g/mol. The molecular formula is C15H13BrN2S. The van der Waals surface area contributed by atoms with Crippen LogP contribution in [0.2, 0.25) is 0 Å². The molecule has 0 bridgehead atoms. The van der Waals surface area contributed by atoms with Crippen LogP contribution >= 0.6 is 27.3 Å². The van der Waals surface area contributed by atoms with Crippen LogP contribution in [0.25, 0.3) is 5.69 Å². The number of thiophene rings is 1. The topological polar surface area (TPSA) is 17.8 Å². The summed E-state index contributed by atoms with van der Waals surface area (Å²) in [4.78, 5) is 1.55. The minimum absolute atomic E-state index is 0.213. The monoisotopic (exact) mass is 332 g/mol. The van der Waals surface area contributed by atoms with Gasteiger partial charge in [0.15, 0.2) is 0 Å². The molecule has 1 aromatic carbocycles. The number of aryl methyl sites for hydroxylation is 1. The highest BCUT2D eigenvalue weighted by molar-refractivity contribution is 9.09. The zero-order valence-corrected chi connectivity index (χ0v) is 12.9. The average molecular weight is 333 g/mol. The lowest BCUT2D eigenvalue weighted by Crippen LogP contribution is -1.93. The van der Waals surface area contributed by atoms with Crippen LogP contribution in [-0.2, 0) is 0 Å². The van der Waals surface area contributed by atoms with Crippen molar-refractivity contribution in [2.45, 2.75) is 11.8 Å². The van der Waals surface area contributed by atoms with E-state index >= 15 is 0 Å². The lowest BCUT2D eigenvalue weighted by Gasteiger charge is -2.06. The van der Waals surface area contributed by atoms with Crippen LogP contribution in [0.1, 0.15) is 20.8 Å². The van der Waals surface area contributed by atoms with Gasteiger partial charge in [0.05, 0.1) is 16.7 Å². The first-order valence-corrected chi connectivity index (χ1v) is 7.83. The fourth-order valence-corrected chi connectivity index (χ4v) is 3.83. The third-order valence-corrected chi connectivity index (χ3v) is 5.42. The minimum atomic E-state index is 0.213. The van der Waals surface area contributed by atoms with E-state index in [4.69, 9.17) is 0 Å². The normalized spacial score (nSPS) is 12.5. The number of hydrogen-bond donors (Lipinski definition) is 0. The Kier molecular flexibility index (Phi) is 3.53. The predicted octanol–water partition coefficient (Wildman–Crippen LogP) is 4.73. The molecule has 0 fully saturated rings. The maximum Gasteiger partial charge on any atom is 0.0771 e. The summed E-state index contributed by atoms with van der Waals surface area (Å²) in [5.41, 5.74) is 3.57. The van der Waals surface area contributed by atoms with E-state index in [0.717, 1.165) is 5.69 Å². The van der Waals surface area contributed by atoms with Crippen LogP contribution in [0.4, 0.5) is 0 Å². The molecule has 2 heterocycles. The van der Waals surface area contributed by atoms with Gasteiger partial charge in [0.1, 0.15) is 0 Å². The maximum absolute atomic E-state index is 4.44. The summed E-state index contributed by atoms with van der Waals surface area (Å²) in [6.07, 6.45) is 4.00. The van der Waals surface area contributed by atoms with Crippen LogP contribution < -0.4 is 0 Å². The van der Waals surface area contributed by atoms with E-state index in [1.807, 2.05) is 29.1 Å². The standard InChI is InChI=1S/C15H13BrN2S/c1-11-7-8-19-15(11)14(16)12-9-17-18(10-12)13-5-3-2-4-6-13/h2-10,14H,1H3. The van der Waals surface area contributed by atoms with Crippen LogP contribution in [0.3, 0.4) is 0 Å². The van der Waals surface area contributed by atoms with E-state index in [1.165, 1.54) is 16.0 Å². The molecule has 0 amide bonds. The molecule has 0 aliphatic carbocycles. The van der Waals surface area contributed by atoms with Crippen molar-refractivity contribution in [3.8, 4) is 5.69 Å². The second-order valence-electron chi connectivity index (χ2n) is 4.38. The third-order valence-electron chi connectivity index (χ3n) is 3.05. The quantitative estimate of drug-likeness (QED) is 0.634. The third kappa shape index (κ3) is 2.51. The van der Waals surface area contributed by atoms with Gasteiger partial charge in [0.25, 0.3) is 0 Å². The van der Waals surface area contributed by atoms with Crippen molar-refractivity contribution in [2.75, 3.05) is 0 Å². The van der Waals surface area contributed by atoms with Gasteiger partial charge in [-0.2, -0.15) is 5.10 Å². The molecule has 3 rings (SSSR count). The molecule has 1 atom stereocenters. The molecule has 0 N–H and O–H groups in total. The molecule has 2 aromatic heterocycles. The van der Waals surface area contributed by atoms with Gasteiger partial charge in [-0.3, -0.25) is 0 Å². The number of rotatable bonds is 3. The van der Waals surface area contributed by atoms with Gasteiger partial charge < -0.3 is 0 Å². The summed E-state index contributed by atoms with van der Waals surface area (Å²) < 4.78 is 1.91. The van der Waals surface area contributed by atoms with Crippen LogP contribution in [0.5, 0.6) is 0 Å². The van der Waals surface area contributed by atoms with Gasteiger partial charge in [-0.25, -0.2) is 4.68 Å². The fourth-order valence-electron chi connectivity index (χ4n) is 1.99. The van der Waals surface area contributed by atoms with E-state index in [0.29, 0.717) is 0 Å². The van der Waals surface area contributed by atoms with Crippen molar-refractivity contribution in [2.24, 2.45) is 0 Å². The second kappa shape index (κ2) is 5.31. The zero-order chi connectivity index (χ0) is 13.2. The SMILES string of the molecule is Cc1ccsc1C(Br)c1cnn(-c2ccccc2)c1. The van der Waals surface area contributed by atoms with Gasteiger partial charge in [-0.15, -0.1) is 11.3 Å². The summed E-state index contributed by atoms with van der Waals surface area (Å²) >= 11 is 5.54. The van der Waals surface area contributed by atoms with E-state index in [9.17, 15) is 0 Å².